The van der Waals surface area contributed by atoms with E-state index in [0.29, 0.717) is 0 Å². The van der Waals surface area contributed by atoms with Crippen LogP contribution in [0, 0.1) is 5.92 Å². The number of aliphatic imine (C=N–C) groups is 1. The molecule has 0 aliphatic heterocycles. The highest BCUT2D eigenvalue weighted by Crippen LogP contribution is 2.22. The minimum atomic E-state index is 0.952. The largest absolute Gasteiger partial charge is 0.285 e. The van der Waals surface area contributed by atoms with Gasteiger partial charge in [0, 0.05) is 23.7 Å². The Labute approximate surface area is 155 Å². The summed E-state index contributed by atoms with van der Waals surface area (Å²) in [6, 6.07) is 0. The van der Waals surface area contributed by atoms with Gasteiger partial charge in [-0.3, -0.25) is 10.1 Å². The van der Waals surface area contributed by atoms with Gasteiger partial charge in [-0.1, -0.05) is 57.8 Å². The van der Waals surface area contributed by atoms with Crippen LogP contribution in [0.4, 0.5) is 0 Å². The van der Waals surface area contributed by atoms with Crippen LogP contribution in [0.5, 0.6) is 0 Å². The number of aromatic amines is 1. The highest BCUT2D eigenvalue weighted by Gasteiger charge is 2.05. The van der Waals surface area contributed by atoms with Crippen molar-refractivity contribution < 1.29 is 0 Å². The van der Waals surface area contributed by atoms with E-state index in [1.54, 1.807) is 6.20 Å². The molecule has 0 radical (unpaired) electrons. The van der Waals surface area contributed by atoms with Gasteiger partial charge in [0.05, 0.1) is 6.20 Å². The molecular formula is C22H37N3. The molecule has 0 aromatic carbocycles. The second-order valence-corrected chi connectivity index (χ2v) is 6.70. The van der Waals surface area contributed by atoms with Crippen molar-refractivity contribution in [1.29, 1.82) is 0 Å². The van der Waals surface area contributed by atoms with Crippen molar-refractivity contribution in [3.63, 3.8) is 0 Å². The predicted octanol–water partition coefficient (Wildman–Crippen LogP) is 6.98. The van der Waals surface area contributed by atoms with Crippen molar-refractivity contribution in [2.45, 2.75) is 73.6 Å². The monoisotopic (exact) mass is 343 g/mol. The van der Waals surface area contributed by atoms with E-state index in [2.05, 4.69) is 28.7 Å². The highest BCUT2D eigenvalue weighted by molar-refractivity contribution is 5.97. The Bertz CT molecular complexity index is 538. The van der Waals surface area contributed by atoms with Crippen LogP contribution in [0.3, 0.4) is 0 Å². The quantitative estimate of drug-likeness (QED) is 0.467. The van der Waals surface area contributed by atoms with Gasteiger partial charge in [0.25, 0.3) is 0 Å². The molecule has 1 fully saturated rings. The van der Waals surface area contributed by atoms with Crippen LogP contribution < -0.4 is 0 Å². The van der Waals surface area contributed by atoms with Crippen molar-refractivity contribution in [1.82, 2.24) is 10.2 Å². The van der Waals surface area contributed by atoms with Crippen molar-refractivity contribution >= 4 is 11.3 Å². The van der Waals surface area contributed by atoms with Gasteiger partial charge in [-0.15, -0.1) is 0 Å². The topological polar surface area (TPSA) is 41.0 Å². The number of nitrogens with one attached hydrogen (secondary N) is 1. The number of rotatable bonds is 3. The Morgan fingerprint density at radius 1 is 1.16 bits per heavy atom. The van der Waals surface area contributed by atoms with E-state index in [4.69, 9.17) is 0 Å². The van der Waals surface area contributed by atoms with Crippen LogP contribution >= 0.6 is 0 Å². The lowest BCUT2D eigenvalue weighted by Gasteiger charge is -2.15. The summed E-state index contributed by atoms with van der Waals surface area (Å²) in [5, 5.41) is 6.64. The molecule has 0 amide bonds. The van der Waals surface area contributed by atoms with Gasteiger partial charge < -0.3 is 0 Å². The Morgan fingerprint density at radius 2 is 1.76 bits per heavy atom. The number of allylic oxidation sites excluding steroid dienone is 4. The summed E-state index contributed by atoms with van der Waals surface area (Å²) in [4.78, 5) is 4.29. The first-order chi connectivity index (χ1) is 11.9. The highest BCUT2D eigenvalue weighted by atomic mass is 15.1. The lowest BCUT2D eigenvalue weighted by molar-refractivity contribution is 0.385. The molecule has 0 spiro atoms. The second kappa shape index (κ2) is 14.4. The maximum atomic E-state index is 4.29. The van der Waals surface area contributed by atoms with Crippen molar-refractivity contribution in [2.75, 3.05) is 0 Å². The van der Waals surface area contributed by atoms with E-state index in [9.17, 15) is 0 Å². The van der Waals surface area contributed by atoms with Crippen LogP contribution in [0.1, 0.15) is 79.2 Å². The smallest absolute Gasteiger partial charge is 0.0562 e. The summed E-state index contributed by atoms with van der Waals surface area (Å²) >= 11 is 0. The zero-order valence-electron chi connectivity index (χ0n) is 17.1. The SMILES string of the molecule is C/C=C\C.C=C(C)C(C)=N/C=C(\C)c1cn[nH]c1.CC1CCCCC1. The fourth-order valence-corrected chi connectivity index (χ4v) is 2.15. The van der Waals surface area contributed by atoms with E-state index in [1.165, 1.54) is 32.1 Å². The maximum absolute atomic E-state index is 4.29. The molecule has 1 aliphatic rings. The van der Waals surface area contributed by atoms with Crippen LogP contribution in [-0.4, -0.2) is 15.9 Å². The molecular weight excluding hydrogens is 306 g/mol. The third-order valence-electron chi connectivity index (χ3n) is 4.25. The van der Waals surface area contributed by atoms with Crippen molar-refractivity contribution in [3.05, 3.63) is 48.5 Å². The molecule has 0 saturated heterocycles. The molecule has 1 aromatic heterocycles. The average molecular weight is 344 g/mol. The molecule has 140 valence electrons. The third-order valence-corrected chi connectivity index (χ3v) is 4.25. The fourth-order valence-electron chi connectivity index (χ4n) is 2.15. The number of hydrogen-bond acceptors (Lipinski definition) is 2. The molecule has 0 atom stereocenters. The van der Waals surface area contributed by atoms with E-state index in [1.807, 2.05) is 59.2 Å². The van der Waals surface area contributed by atoms with Gasteiger partial charge in [0.15, 0.2) is 0 Å². The summed E-state index contributed by atoms with van der Waals surface area (Å²) in [5.41, 5.74) is 4.08. The summed E-state index contributed by atoms with van der Waals surface area (Å²) in [5.74, 6) is 1.04. The minimum absolute atomic E-state index is 0.952. The summed E-state index contributed by atoms with van der Waals surface area (Å²) in [7, 11) is 0. The second-order valence-electron chi connectivity index (χ2n) is 6.70. The zero-order chi connectivity index (χ0) is 19.1. The van der Waals surface area contributed by atoms with E-state index in [0.717, 1.165) is 28.3 Å². The lowest BCUT2D eigenvalue weighted by atomic mass is 9.91. The van der Waals surface area contributed by atoms with Crippen LogP contribution in [0.2, 0.25) is 0 Å². The van der Waals surface area contributed by atoms with Crippen molar-refractivity contribution in [3.8, 4) is 0 Å². The van der Waals surface area contributed by atoms with Crippen LogP contribution in [0.15, 0.2) is 47.9 Å². The molecule has 1 aromatic rings. The van der Waals surface area contributed by atoms with Crippen LogP contribution in [-0.2, 0) is 0 Å². The molecule has 1 N–H and O–H groups in total. The van der Waals surface area contributed by atoms with E-state index < -0.39 is 0 Å². The molecule has 1 saturated carbocycles. The Hall–Kier alpha value is -1.90. The standard InChI is InChI=1S/C11H15N3.C7H14.C4H8/c1-8(2)10(4)12-5-9(3)11-6-13-14-7-11;1-7-5-3-2-4-6-7;1-3-4-2/h5-7H,1H2,2-4H3,(H,13,14);7H,2-6H2,1H3;3-4H,1-2H3/b9-5+,12-10?;;4-3-. The minimum Gasteiger partial charge on any atom is -0.285 e. The first-order valence-corrected chi connectivity index (χ1v) is 9.35. The normalized spacial score (nSPS) is 15.9. The molecule has 0 bridgehead atoms. The van der Waals surface area contributed by atoms with Gasteiger partial charge >= 0.3 is 0 Å². The Morgan fingerprint density at radius 3 is 2.12 bits per heavy atom. The Kier molecular flexibility index (Phi) is 13.3. The molecule has 25 heavy (non-hydrogen) atoms. The van der Waals surface area contributed by atoms with Gasteiger partial charge in [-0.25, -0.2) is 0 Å². The maximum Gasteiger partial charge on any atom is 0.0562 e. The summed E-state index contributed by atoms with van der Waals surface area (Å²) in [6.07, 6.45) is 16.9. The average Bonchev–Trinajstić information content (AvgIpc) is 3.15. The first kappa shape index (κ1) is 23.1. The number of nitrogens with zero attached hydrogens (tertiary/aromatic N) is 2. The predicted molar refractivity (Wildman–Crippen MR) is 113 cm³/mol. The van der Waals surface area contributed by atoms with Gasteiger partial charge in [-0.2, -0.15) is 5.10 Å². The third kappa shape index (κ3) is 12.2. The van der Waals surface area contributed by atoms with E-state index in [-0.39, 0.29) is 0 Å². The zero-order valence-corrected chi connectivity index (χ0v) is 17.1. The molecule has 0 unspecified atom stereocenters. The van der Waals surface area contributed by atoms with Crippen molar-refractivity contribution in [2.24, 2.45) is 10.9 Å². The molecule has 2 rings (SSSR count). The molecule has 1 aliphatic carbocycles. The molecule has 3 nitrogen and oxygen atoms in total. The Balaban J connectivity index is 0.000000433. The van der Waals surface area contributed by atoms with Gasteiger partial charge in [0.2, 0.25) is 0 Å². The van der Waals surface area contributed by atoms with Gasteiger partial charge in [0.1, 0.15) is 0 Å². The molecule has 3 heteroatoms. The number of hydrogen-bond donors (Lipinski definition) is 1. The van der Waals surface area contributed by atoms with Gasteiger partial charge in [-0.05, 0) is 51.7 Å². The summed E-state index contributed by atoms with van der Waals surface area (Å²) in [6.45, 7) is 16.1. The summed E-state index contributed by atoms with van der Waals surface area (Å²) < 4.78 is 0. The number of aromatic nitrogens is 2. The molecule has 1 heterocycles. The van der Waals surface area contributed by atoms with E-state index >= 15 is 0 Å². The fraction of sp³-hybridized carbons (Fsp3) is 0.545. The lowest BCUT2D eigenvalue weighted by Crippen LogP contribution is -1.99. The number of H-pyrrole nitrogens is 1. The van der Waals surface area contributed by atoms with Crippen LogP contribution in [0.25, 0.3) is 5.57 Å². The first-order valence-electron chi connectivity index (χ1n) is 9.35.